The fourth-order valence-corrected chi connectivity index (χ4v) is 2.12. The molecule has 1 aromatic carbocycles. The minimum atomic E-state index is -0.226. The summed E-state index contributed by atoms with van der Waals surface area (Å²) in [6, 6.07) is 6.56. The van der Waals surface area contributed by atoms with Gasteiger partial charge in [0.05, 0.1) is 12.1 Å². The van der Waals surface area contributed by atoms with Gasteiger partial charge in [-0.2, -0.15) is 0 Å². The highest BCUT2D eigenvalue weighted by Crippen LogP contribution is 2.29. The van der Waals surface area contributed by atoms with Crippen LogP contribution in [-0.2, 0) is 4.74 Å². The molecule has 0 amide bonds. The molecular weight excluding hydrogens is 207 g/mol. The summed E-state index contributed by atoms with van der Waals surface area (Å²) in [6.45, 7) is 1.84. The second kappa shape index (κ2) is 4.39. The van der Waals surface area contributed by atoms with Gasteiger partial charge in [0.1, 0.15) is 5.82 Å². The standard InChI is InChI=1S/C12H17FN2O/c1-15(11-4-2-3-10(13)7-11)12(8-14)5-6-16-9-12/h2-4,7H,5-6,8-9,14H2,1H3. The lowest BCUT2D eigenvalue weighted by Gasteiger charge is -2.38. The lowest BCUT2D eigenvalue weighted by atomic mass is 9.96. The van der Waals surface area contributed by atoms with E-state index in [-0.39, 0.29) is 11.4 Å². The number of rotatable bonds is 3. The van der Waals surface area contributed by atoms with Crippen molar-refractivity contribution < 1.29 is 9.13 Å². The summed E-state index contributed by atoms with van der Waals surface area (Å²) in [4.78, 5) is 2.03. The monoisotopic (exact) mass is 224 g/mol. The average Bonchev–Trinajstić information content (AvgIpc) is 2.78. The molecule has 1 saturated heterocycles. The van der Waals surface area contributed by atoms with Crippen molar-refractivity contribution in [2.75, 3.05) is 31.7 Å². The van der Waals surface area contributed by atoms with Crippen molar-refractivity contribution in [3.63, 3.8) is 0 Å². The Morgan fingerprint density at radius 3 is 2.94 bits per heavy atom. The number of benzene rings is 1. The summed E-state index contributed by atoms with van der Waals surface area (Å²) in [5, 5.41) is 0. The molecule has 4 heteroatoms. The Hall–Kier alpha value is -1.13. The molecule has 2 N–H and O–H groups in total. The smallest absolute Gasteiger partial charge is 0.125 e. The van der Waals surface area contributed by atoms with Gasteiger partial charge in [-0.05, 0) is 24.6 Å². The van der Waals surface area contributed by atoms with E-state index in [1.807, 2.05) is 18.0 Å². The summed E-state index contributed by atoms with van der Waals surface area (Å²) in [5.74, 6) is -0.226. The molecule has 0 aliphatic carbocycles. The van der Waals surface area contributed by atoms with Crippen LogP contribution in [-0.4, -0.2) is 32.3 Å². The number of ether oxygens (including phenoxy) is 1. The molecule has 1 heterocycles. The van der Waals surface area contributed by atoms with E-state index in [4.69, 9.17) is 10.5 Å². The van der Waals surface area contributed by atoms with Gasteiger partial charge in [0.15, 0.2) is 0 Å². The summed E-state index contributed by atoms with van der Waals surface area (Å²) in [5.41, 5.74) is 6.49. The molecule has 2 rings (SSSR count). The maximum Gasteiger partial charge on any atom is 0.125 e. The molecule has 1 atom stereocenters. The highest BCUT2D eigenvalue weighted by atomic mass is 19.1. The van der Waals surface area contributed by atoms with Crippen LogP contribution in [0.25, 0.3) is 0 Å². The molecule has 88 valence electrons. The molecule has 0 spiro atoms. The Balaban J connectivity index is 2.26. The van der Waals surface area contributed by atoms with Crippen molar-refractivity contribution in [1.29, 1.82) is 0 Å². The fourth-order valence-electron chi connectivity index (χ4n) is 2.12. The van der Waals surface area contributed by atoms with Gasteiger partial charge in [0, 0.05) is 25.9 Å². The van der Waals surface area contributed by atoms with Crippen LogP contribution in [0.3, 0.4) is 0 Å². The fraction of sp³-hybridized carbons (Fsp3) is 0.500. The Kier molecular flexibility index (Phi) is 3.12. The van der Waals surface area contributed by atoms with Crippen molar-refractivity contribution in [2.24, 2.45) is 5.73 Å². The normalized spacial score (nSPS) is 24.7. The first-order valence-electron chi connectivity index (χ1n) is 5.45. The minimum absolute atomic E-state index is 0.187. The lowest BCUT2D eigenvalue weighted by molar-refractivity contribution is 0.178. The first-order chi connectivity index (χ1) is 7.68. The maximum atomic E-state index is 13.2. The zero-order chi connectivity index (χ0) is 11.6. The minimum Gasteiger partial charge on any atom is -0.379 e. The molecule has 0 bridgehead atoms. The maximum absolute atomic E-state index is 13.2. The molecule has 0 aromatic heterocycles. The lowest BCUT2D eigenvalue weighted by Crippen LogP contribution is -2.53. The van der Waals surface area contributed by atoms with Gasteiger partial charge in [0.25, 0.3) is 0 Å². The van der Waals surface area contributed by atoms with E-state index in [1.165, 1.54) is 12.1 Å². The second-order valence-corrected chi connectivity index (χ2v) is 4.27. The number of nitrogens with two attached hydrogens (primary N) is 1. The van der Waals surface area contributed by atoms with Crippen LogP contribution in [0, 0.1) is 5.82 Å². The molecule has 1 aliphatic rings. The van der Waals surface area contributed by atoms with Gasteiger partial charge in [-0.25, -0.2) is 4.39 Å². The van der Waals surface area contributed by atoms with Crippen LogP contribution < -0.4 is 10.6 Å². The van der Waals surface area contributed by atoms with Gasteiger partial charge in [-0.3, -0.25) is 0 Å². The Labute approximate surface area is 95.0 Å². The van der Waals surface area contributed by atoms with Crippen molar-refractivity contribution in [1.82, 2.24) is 0 Å². The molecule has 1 unspecified atom stereocenters. The average molecular weight is 224 g/mol. The molecule has 0 radical (unpaired) electrons. The Bertz CT molecular complexity index is 364. The molecule has 3 nitrogen and oxygen atoms in total. The van der Waals surface area contributed by atoms with E-state index in [0.717, 1.165) is 18.7 Å². The predicted molar refractivity (Wildman–Crippen MR) is 62.0 cm³/mol. The van der Waals surface area contributed by atoms with E-state index in [9.17, 15) is 4.39 Å². The molecular formula is C12H17FN2O. The molecule has 1 aromatic rings. The summed E-state index contributed by atoms with van der Waals surface area (Å²) in [7, 11) is 1.94. The second-order valence-electron chi connectivity index (χ2n) is 4.27. The van der Waals surface area contributed by atoms with Crippen LogP contribution >= 0.6 is 0 Å². The highest BCUT2D eigenvalue weighted by molar-refractivity contribution is 5.49. The van der Waals surface area contributed by atoms with Crippen LogP contribution in [0.4, 0.5) is 10.1 Å². The summed E-state index contributed by atoms with van der Waals surface area (Å²) >= 11 is 0. The van der Waals surface area contributed by atoms with Crippen LogP contribution in [0.5, 0.6) is 0 Å². The number of likely N-dealkylation sites (N-methyl/N-ethyl adjacent to an activating group) is 1. The molecule has 1 aliphatic heterocycles. The van der Waals surface area contributed by atoms with Crippen LogP contribution in [0.2, 0.25) is 0 Å². The zero-order valence-electron chi connectivity index (χ0n) is 9.45. The molecule has 0 saturated carbocycles. The van der Waals surface area contributed by atoms with E-state index in [1.54, 1.807) is 6.07 Å². The molecule has 1 fully saturated rings. The van der Waals surface area contributed by atoms with E-state index in [2.05, 4.69) is 0 Å². The van der Waals surface area contributed by atoms with E-state index < -0.39 is 0 Å². The van der Waals surface area contributed by atoms with Gasteiger partial charge in [0.2, 0.25) is 0 Å². The third-order valence-corrected chi connectivity index (χ3v) is 3.37. The van der Waals surface area contributed by atoms with E-state index in [0.29, 0.717) is 13.2 Å². The SMILES string of the molecule is CN(c1cccc(F)c1)C1(CN)CCOC1. The largest absolute Gasteiger partial charge is 0.379 e. The third kappa shape index (κ3) is 1.90. The number of hydrogen-bond donors (Lipinski definition) is 1. The topological polar surface area (TPSA) is 38.5 Å². The van der Waals surface area contributed by atoms with Crippen molar-refractivity contribution in [2.45, 2.75) is 12.0 Å². The third-order valence-electron chi connectivity index (χ3n) is 3.37. The quantitative estimate of drug-likeness (QED) is 0.843. The zero-order valence-corrected chi connectivity index (χ0v) is 9.45. The number of anilines is 1. The molecule has 16 heavy (non-hydrogen) atoms. The number of halogens is 1. The van der Waals surface area contributed by atoms with Gasteiger partial charge < -0.3 is 15.4 Å². The van der Waals surface area contributed by atoms with Crippen molar-refractivity contribution in [3.8, 4) is 0 Å². The van der Waals surface area contributed by atoms with Gasteiger partial charge in [-0.1, -0.05) is 6.07 Å². The first kappa shape index (κ1) is 11.4. The first-order valence-corrected chi connectivity index (χ1v) is 5.45. The number of hydrogen-bond acceptors (Lipinski definition) is 3. The summed E-state index contributed by atoms with van der Waals surface area (Å²) in [6.07, 6.45) is 0.885. The Morgan fingerprint density at radius 1 is 1.56 bits per heavy atom. The Morgan fingerprint density at radius 2 is 2.38 bits per heavy atom. The summed E-state index contributed by atoms with van der Waals surface area (Å²) < 4.78 is 18.6. The van der Waals surface area contributed by atoms with Crippen molar-refractivity contribution in [3.05, 3.63) is 30.1 Å². The van der Waals surface area contributed by atoms with Crippen LogP contribution in [0.15, 0.2) is 24.3 Å². The number of nitrogens with zero attached hydrogens (tertiary/aromatic N) is 1. The van der Waals surface area contributed by atoms with E-state index >= 15 is 0 Å². The van der Waals surface area contributed by atoms with Gasteiger partial charge in [-0.15, -0.1) is 0 Å². The predicted octanol–water partition coefficient (Wildman–Crippen LogP) is 1.38. The van der Waals surface area contributed by atoms with Crippen LogP contribution in [0.1, 0.15) is 6.42 Å². The van der Waals surface area contributed by atoms with Gasteiger partial charge >= 0.3 is 0 Å². The highest BCUT2D eigenvalue weighted by Gasteiger charge is 2.37. The van der Waals surface area contributed by atoms with Crippen molar-refractivity contribution >= 4 is 5.69 Å².